The predicted molar refractivity (Wildman–Crippen MR) is 94.8 cm³/mol. The van der Waals surface area contributed by atoms with Gasteiger partial charge in [-0.05, 0) is 37.3 Å². The van der Waals surface area contributed by atoms with Crippen molar-refractivity contribution in [3.05, 3.63) is 30.4 Å². The number of benzene rings is 1. The first-order valence-corrected chi connectivity index (χ1v) is 9.14. The van der Waals surface area contributed by atoms with Gasteiger partial charge in [-0.25, -0.2) is 4.98 Å². The lowest BCUT2D eigenvalue weighted by Crippen LogP contribution is -2.36. The number of carbonyl (C=O) groups is 2. The Balaban J connectivity index is 1.55. The fraction of sp³-hybridized carbons (Fsp3) is 0.389. The van der Waals surface area contributed by atoms with E-state index in [-0.39, 0.29) is 17.7 Å². The van der Waals surface area contributed by atoms with Gasteiger partial charge in [-0.2, -0.15) is 0 Å². The number of aliphatic carboxylic acids is 1. The number of hydrogen-bond acceptors (Lipinski definition) is 5. The second-order valence-corrected chi connectivity index (χ2v) is 7.44. The number of allylic oxidation sites excluding steroid dienone is 2. The van der Waals surface area contributed by atoms with Crippen molar-refractivity contribution in [2.45, 2.75) is 13.3 Å². The molecule has 2 aliphatic carbocycles. The molecule has 1 aromatic heterocycles. The first-order chi connectivity index (χ1) is 12.1. The molecule has 2 aliphatic rings. The molecule has 1 aromatic carbocycles. The van der Waals surface area contributed by atoms with E-state index in [4.69, 9.17) is 4.74 Å². The van der Waals surface area contributed by atoms with E-state index >= 15 is 0 Å². The molecule has 4 atom stereocenters. The molecule has 1 saturated carbocycles. The minimum absolute atomic E-state index is 0.00466. The number of thiazole rings is 1. The van der Waals surface area contributed by atoms with Gasteiger partial charge in [-0.15, -0.1) is 0 Å². The SMILES string of the molecule is CCOc1ccc2sc(NC(=O)[C@H]3[C@@H](C(=O)O)[C@H]4C=C[C@@H]3C4)nc2c1. The zero-order valence-corrected chi connectivity index (χ0v) is 14.5. The summed E-state index contributed by atoms with van der Waals surface area (Å²) in [7, 11) is 0. The number of fused-ring (bicyclic) bond motifs is 3. The second kappa shape index (κ2) is 6.15. The summed E-state index contributed by atoms with van der Waals surface area (Å²) in [6.07, 6.45) is 4.65. The molecule has 1 amide bonds. The Kier molecular flexibility index (Phi) is 3.95. The maximum atomic E-state index is 12.7. The van der Waals surface area contributed by atoms with Crippen LogP contribution < -0.4 is 10.1 Å². The Morgan fingerprint density at radius 2 is 2.08 bits per heavy atom. The maximum Gasteiger partial charge on any atom is 0.307 e. The molecule has 0 spiro atoms. The summed E-state index contributed by atoms with van der Waals surface area (Å²) in [6.45, 7) is 2.49. The molecule has 130 valence electrons. The van der Waals surface area contributed by atoms with Crippen molar-refractivity contribution in [2.75, 3.05) is 11.9 Å². The molecule has 2 bridgehead atoms. The molecule has 6 nitrogen and oxygen atoms in total. The number of ether oxygens (including phenoxy) is 1. The van der Waals surface area contributed by atoms with Crippen molar-refractivity contribution in [1.29, 1.82) is 0 Å². The molecule has 1 heterocycles. The molecule has 2 N–H and O–H groups in total. The molecule has 1 fully saturated rings. The smallest absolute Gasteiger partial charge is 0.307 e. The largest absolute Gasteiger partial charge is 0.494 e. The number of hydrogen-bond donors (Lipinski definition) is 2. The number of carboxylic acids is 1. The van der Waals surface area contributed by atoms with Crippen LogP contribution in [0.5, 0.6) is 5.75 Å². The quantitative estimate of drug-likeness (QED) is 0.802. The fourth-order valence-electron chi connectivity index (χ4n) is 3.92. The van der Waals surface area contributed by atoms with E-state index in [0.29, 0.717) is 11.7 Å². The van der Waals surface area contributed by atoms with Crippen molar-refractivity contribution in [3.63, 3.8) is 0 Å². The number of nitrogens with one attached hydrogen (secondary N) is 1. The molecular formula is C18H18N2O4S. The molecular weight excluding hydrogens is 340 g/mol. The van der Waals surface area contributed by atoms with Crippen LogP contribution in [0.15, 0.2) is 30.4 Å². The van der Waals surface area contributed by atoms with E-state index in [0.717, 1.165) is 22.4 Å². The summed E-state index contributed by atoms with van der Waals surface area (Å²) in [4.78, 5) is 28.7. The van der Waals surface area contributed by atoms with Crippen LogP contribution in [-0.4, -0.2) is 28.6 Å². The predicted octanol–water partition coefficient (Wildman–Crippen LogP) is 3.16. The van der Waals surface area contributed by atoms with Crippen molar-refractivity contribution in [2.24, 2.45) is 23.7 Å². The summed E-state index contributed by atoms with van der Waals surface area (Å²) < 4.78 is 6.41. The van der Waals surface area contributed by atoms with Gasteiger partial charge < -0.3 is 15.2 Å². The van der Waals surface area contributed by atoms with E-state index in [1.807, 2.05) is 37.3 Å². The van der Waals surface area contributed by atoms with Gasteiger partial charge in [-0.1, -0.05) is 23.5 Å². The standard InChI is InChI=1S/C18H18N2O4S/c1-2-24-11-5-6-13-12(8-11)19-18(25-13)20-16(21)14-9-3-4-10(7-9)15(14)17(22)23/h3-6,8-10,14-15H,2,7H2,1H3,(H,22,23)(H,19,20,21)/t9-,10+,14-,15+/m1/s1. The third-order valence-corrected chi connectivity index (χ3v) is 5.90. The molecule has 7 heteroatoms. The molecule has 0 unspecified atom stereocenters. The van der Waals surface area contributed by atoms with Crippen LogP contribution in [0.3, 0.4) is 0 Å². The lowest BCUT2D eigenvalue weighted by Gasteiger charge is -2.23. The summed E-state index contributed by atoms with van der Waals surface area (Å²) >= 11 is 1.38. The Labute approximate surface area is 148 Å². The summed E-state index contributed by atoms with van der Waals surface area (Å²) in [6, 6.07) is 5.62. The van der Waals surface area contributed by atoms with Gasteiger partial charge >= 0.3 is 5.97 Å². The topological polar surface area (TPSA) is 88.5 Å². The molecule has 0 aliphatic heterocycles. The second-order valence-electron chi connectivity index (χ2n) is 6.41. The van der Waals surface area contributed by atoms with Gasteiger partial charge in [0.2, 0.25) is 5.91 Å². The van der Waals surface area contributed by atoms with E-state index in [1.54, 1.807) is 0 Å². The lowest BCUT2D eigenvalue weighted by atomic mass is 9.82. The summed E-state index contributed by atoms with van der Waals surface area (Å²) in [5.74, 6) is -1.63. The zero-order valence-electron chi connectivity index (χ0n) is 13.6. The average Bonchev–Trinajstić information content (AvgIpc) is 3.27. The highest BCUT2D eigenvalue weighted by Gasteiger charge is 2.51. The third kappa shape index (κ3) is 2.78. The molecule has 0 saturated heterocycles. The highest BCUT2D eigenvalue weighted by Crippen LogP contribution is 2.48. The van der Waals surface area contributed by atoms with E-state index < -0.39 is 17.8 Å². The van der Waals surface area contributed by atoms with E-state index in [2.05, 4.69) is 10.3 Å². The summed E-state index contributed by atoms with van der Waals surface area (Å²) in [5, 5.41) is 12.8. The van der Waals surface area contributed by atoms with Crippen LogP contribution in [0.1, 0.15) is 13.3 Å². The van der Waals surface area contributed by atoms with Gasteiger partial charge in [0, 0.05) is 6.07 Å². The Morgan fingerprint density at radius 1 is 1.32 bits per heavy atom. The number of nitrogens with zero attached hydrogens (tertiary/aromatic N) is 1. The van der Waals surface area contributed by atoms with Crippen LogP contribution >= 0.6 is 11.3 Å². The van der Waals surface area contributed by atoms with Crippen molar-refractivity contribution >= 4 is 38.6 Å². The van der Waals surface area contributed by atoms with Crippen LogP contribution in [0.2, 0.25) is 0 Å². The van der Waals surface area contributed by atoms with Crippen molar-refractivity contribution in [1.82, 2.24) is 4.98 Å². The molecule has 4 rings (SSSR count). The molecule has 25 heavy (non-hydrogen) atoms. The number of rotatable bonds is 5. The normalized spacial score (nSPS) is 26.9. The minimum Gasteiger partial charge on any atom is -0.494 e. The lowest BCUT2D eigenvalue weighted by molar-refractivity contribution is -0.146. The minimum atomic E-state index is -0.900. The van der Waals surface area contributed by atoms with Crippen molar-refractivity contribution in [3.8, 4) is 5.75 Å². The first-order valence-electron chi connectivity index (χ1n) is 8.32. The monoisotopic (exact) mass is 358 g/mol. The number of carbonyl (C=O) groups excluding carboxylic acids is 1. The Bertz CT molecular complexity index is 875. The Hall–Kier alpha value is -2.41. The van der Waals surface area contributed by atoms with Crippen LogP contribution in [0.25, 0.3) is 10.2 Å². The van der Waals surface area contributed by atoms with Gasteiger partial charge in [0.05, 0.1) is 28.7 Å². The number of anilines is 1. The van der Waals surface area contributed by atoms with Crippen LogP contribution in [0.4, 0.5) is 5.13 Å². The number of amides is 1. The molecule has 0 radical (unpaired) electrons. The third-order valence-electron chi connectivity index (χ3n) is 4.95. The number of aromatic nitrogens is 1. The molecule has 2 aromatic rings. The Morgan fingerprint density at radius 3 is 2.80 bits per heavy atom. The van der Waals surface area contributed by atoms with Gasteiger partial charge in [0.15, 0.2) is 5.13 Å². The number of carboxylic acid groups (broad SMARTS) is 1. The van der Waals surface area contributed by atoms with E-state index in [9.17, 15) is 14.7 Å². The van der Waals surface area contributed by atoms with Crippen LogP contribution in [0, 0.1) is 23.7 Å². The van der Waals surface area contributed by atoms with E-state index in [1.165, 1.54) is 11.3 Å². The van der Waals surface area contributed by atoms with Crippen LogP contribution in [-0.2, 0) is 9.59 Å². The van der Waals surface area contributed by atoms with Gasteiger partial charge in [0.25, 0.3) is 0 Å². The highest BCUT2D eigenvalue weighted by atomic mass is 32.1. The highest BCUT2D eigenvalue weighted by molar-refractivity contribution is 7.22. The first kappa shape index (κ1) is 16.1. The van der Waals surface area contributed by atoms with Gasteiger partial charge in [-0.3, -0.25) is 9.59 Å². The van der Waals surface area contributed by atoms with Gasteiger partial charge in [0.1, 0.15) is 5.75 Å². The average molecular weight is 358 g/mol. The zero-order chi connectivity index (χ0) is 17.6. The van der Waals surface area contributed by atoms with Crippen molar-refractivity contribution < 1.29 is 19.4 Å². The maximum absolute atomic E-state index is 12.7. The summed E-state index contributed by atoms with van der Waals surface area (Å²) in [5.41, 5.74) is 0.758. The fourth-order valence-corrected chi connectivity index (χ4v) is 4.77.